The number of benzene rings is 1. The maximum atomic E-state index is 8.92. The minimum Gasteiger partial charge on any atom is -0.314 e. The normalized spacial score (nSPS) is 24.7. The molecule has 0 aliphatic carbocycles. The Morgan fingerprint density at radius 2 is 2.06 bits per heavy atom. The van der Waals surface area contributed by atoms with Gasteiger partial charge in [-0.1, -0.05) is 29.8 Å². The van der Waals surface area contributed by atoms with E-state index in [2.05, 4.69) is 54.4 Å². The molecule has 0 amide bonds. The van der Waals surface area contributed by atoms with Gasteiger partial charge in [-0.25, -0.2) is 0 Å². The molecule has 1 aromatic carbocycles. The highest BCUT2D eigenvalue weighted by molar-refractivity contribution is 5.21. The first-order valence-electron chi connectivity index (χ1n) is 6.59. The molecule has 0 aromatic heterocycles. The van der Waals surface area contributed by atoms with Crippen molar-refractivity contribution >= 4 is 0 Å². The average Bonchev–Trinajstić information content (AvgIpc) is 2.36. The molecule has 0 spiro atoms. The maximum Gasteiger partial charge on any atom is 0.0638 e. The van der Waals surface area contributed by atoms with Crippen LogP contribution < -0.4 is 5.32 Å². The fraction of sp³-hybridized carbons (Fsp3) is 0.533. The maximum absolute atomic E-state index is 8.92. The Hall–Kier alpha value is -1.37. The standard InChI is InChI=1S/C15H21N3/c1-12-3-5-14(6-4-12)11-18-13(2)9-17-10-15(18)7-8-16/h3-6,13,15,17H,7,9-11H2,1-2H3. The van der Waals surface area contributed by atoms with E-state index in [9.17, 15) is 0 Å². The molecule has 2 rings (SSSR count). The van der Waals surface area contributed by atoms with Crippen LogP contribution in [0.25, 0.3) is 0 Å². The second kappa shape index (κ2) is 5.99. The fourth-order valence-corrected chi connectivity index (χ4v) is 2.54. The summed E-state index contributed by atoms with van der Waals surface area (Å²) in [6.07, 6.45) is 0.600. The van der Waals surface area contributed by atoms with E-state index in [0.29, 0.717) is 18.5 Å². The van der Waals surface area contributed by atoms with E-state index >= 15 is 0 Å². The molecule has 0 bridgehead atoms. The van der Waals surface area contributed by atoms with Gasteiger partial charge in [0.2, 0.25) is 0 Å². The van der Waals surface area contributed by atoms with Crippen molar-refractivity contribution < 1.29 is 0 Å². The third kappa shape index (κ3) is 3.10. The minimum absolute atomic E-state index is 0.333. The molecule has 1 fully saturated rings. The first-order chi connectivity index (χ1) is 8.70. The van der Waals surface area contributed by atoms with Crippen molar-refractivity contribution in [3.63, 3.8) is 0 Å². The van der Waals surface area contributed by atoms with Crippen molar-refractivity contribution in [3.8, 4) is 6.07 Å². The number of nitriles is 1. The van der Waals surface area contributed by atoms with Crippen LogP contribution in [-0.2, 0) is 6.54 Å². The second-order valence-corrected chi connectivity index (χ2v) is 5.18. The third-order valence-electron chi connectivity index (χ3n) is 3.67. The molecule has 1 aliphatic rings. The zero-order valence-electron chi connectivity index (χ0n) is 11.2. The number of nitrogens with zero attached hydrogens (tertiary/aromatic N) is 2. The van der Waals surface area contributed by atoms with Gasteiger partial charge in [-0.15, -0.1) is 0 Å². The summed E-state index contributed by atoms with van der Waals surface area (Å²) in [4.78, 5) is 2.45. The molecule has 2 atom stereocenters. The molecule has 0 radical (unpaired) electrons. The average molecular weight is 243 g/mol. The van der Waals surface area contributed by atoms with Gasteiger partial charge in [0, 0.05) is 31.7 Å². The Kier molecular flexibility index (Phi) is 4.35. The van der Waals surface area contributed by atoms with E-state index in [0.717, 1.165) is 19.6 Å². The quantitative estimate of drug-likeness (QED) is 0.883. The van der Waals surface area contributed by atoms with Gasteiger partial charge in [0.15, 0.2) is 0 Å². The van der Waals surface area contributed by atoms with Crippen LogP contribution in [0.15, 0.2) is 24.3 Å². The molecule has 1 aliphatic heterocycles. The van der Waals surface area contributed by atoms with Crippen LogP contribution in [0.3, 0.4) is 0 Å². The number of nitrogens with one attached hydrogen (secondary N) is 1. The van der Waals surface area contributed by atoms with Crippen LogP contribution >= 0.6 is 0 Å². The number of piperazine rings is 1. The lowest BCUT2D eigenvalue weighted by Gasteiger charge is -2.40. The highest BCUT2D eigenvalue weighted by atomic mass is 15.2. The van der Waals surface area contributed by atoms with E-state index in [1.807, 2.05) is 0 Å². The first-order valence-corrected chi connectivity index (χ1v) is 6.59. The predicted octanol–water partition coefficient (Wildman–Crippen LogP) is 2.07. The summed E-state index contributed by atoms with van der Waals surface area (Å²) >= 11 is 0. The zero-order valence-corrected chi connectivity index (χ0v) is 11.2. The summed E-state index contributed by atoms with van der Waals surface area (Å²) in [6, 6.07) is 11.8. The van der Waals surface area contributed by atoms with Gasteiger partial charge >= 0.3 is 0 Å². The summed E-state index contributed by atoms with van der Waals surface area (Å²) in [6.45, 7) is 7.20. The van der Waals surface area contributed by atoms with E-state index < -0.39 is 0 Å². The molecule has 2 unspecified atom stereocenters. The Bertz CT molecular complexity index is 418. The van der Waals surface area contributed by atoms with E-state index in [-0.39, 0.29) is 0 Å². The molecule has 1 heterocycles. The van der Waals surface area contributed by atoms with Crippen LogP contribution in [0.5, 0.6) is 0 Å². The Labute approximate surface area is 109 Å². The van der Waals surface area contributed by atoms with Crippen LogP contribution in [0.4, 0.5) is 0 Å². The van der Waals surface area contributed by atoms with Crippen LogP contribution in [0.1, 0.15) is 24.5 Å². The lowest BCUT2D eigenvalue weighted by Crippen LogP contribution is -2.55. The summed E-state index contributed by atoms with van der Waals surface area (Å²) in [7, 11) is 0. The molecule has 0 saturated carbocycles. The van der Waals surface area contributed by atoms with E-state index in [4.69, 9.17) is 5.26 Å². The molecule has 3 heteroatoms. The highest BCUT2D eigenvalue weighted by Gasteiger charge is 2.27. The molecular formula is C15H21N3. The van der Waals surface area contributed by atoms with Crippen LogP contribution in [0.2, 0.25) is 0 Å². The second-order valence-electron chi connectivity index (χ2n) is 5.18. The summed E-state index contributed by atoms with van der Waals surface area (Å²) in [5.74, 6) is 0. The van der Waals surface area contributed by atoms with Gasteiger partial charge in [-0.2, -0.15) is 5.26 Å². The van der Waals surface area contributed by atoms with Crippen molar-refractivity contribution in [2.45, 2.75) is 38.9 Å². The highest BCUT2D eigenvalue weighted by Crippen LogP contribution is 2.17. The van der Waals surface area contributed by atoms with Crippen molar-refractivity contribution in [2.24, 2.45) is 0 Å². The molecule has 18 heavy (non-hydrogen) atoms. The summed E-state index contributed by atoms with van der Waals surface area (Å²) in [5.41, 5.74) is 2.62. The first kappa shape index (κ1) is 13.1. The SMILES string of the molecule is Cc1ccc(CN2C(C)CNCC2CC#N)cc1. The van der Waals surface area contributed by atoms with Gasteiger partial charge < -0.3 is 5.32 Å². The minimum atomic E-state index is 0.333. The molecular weight excluding hydrogens is 222 g/mol. The molecule has 1 aromatic rings. The predicted molar refractivity (Wildman–Crippen MR) is 73.1 cm³/mol. The van der Waals surface area contributed by atoms with Crippen molar-refractivity contribution in [1.29, 1.82) is 5.26 Å². The van der Waals surface area contributed by atoms with Crippen molar-refractivity contribution in [2.75, 3.05) is 13.1 Å². The van der Waals surface area contributed by atoms with Gasteiger partial charge in [0.1, 0.15) is 0 Å². The summed E-state index contributed by atoms with van der Waals surface area (Å²) in [5, 5.41) is 12.3. The van der Waals surface area contributed by atoms with Crippen LogP contribution in [0, 0.1) is 18.3 Å². The number of rotatable bonds is 3. The fourth-order valence-electron chi connectivity index (χ4n) is 2.54. The lowest BCUT2D eigenvalue weighted by atomic mass is 10.0. The van der Waals surface area contributed by atoms with Gasteiger partial charge in [0.05, 0.1) is 12.5 Å². The van der Waals surface area contributed by atoms with Crippen molar-refractivity contribution in [3.05, 3.63) is 35.4 Å². The Morgan fingerprint density at radius 3 is 2.72 bits per heavy atom. The van der Waals surface area contributed by atoms with Gasteiger partial charge in [0.25, 0.3) is 0 Å². The van der Waals surface area contributed by atoms with E-state index in [1.165, 1.54) is 11.1 Å². The monoisotopic (exact) mass is 243 g/mol. The smallest absolute Gasteiger partial charge is 0.0638 e. The topological polar surface area (TPSA) is 39.1 Å². The van der Waals surface area contributed by atoms with Crippen LogP contribution in [-0.4, -0.2) is 30.1 Å². The summed E-state index contributed by atoms with van der Waals surface area (Å²) < 4.78 is 0. The van der Waals surface area contributed by atoms with Crippen molar-refractivity contribution in [1.82, 2.24) is 10.2 Å². The molecule has 96 valence electrons. The number of hydrogen-bond acceptors (Lipinski definition) is 3. The molecule has 1 saturated heterocycles. The van der Waals surface area contributed by atoms with Gasteiger partial charge in [-0.05, 0) is 19.4 Å². The number of hydrogen-bond donors (Lipinski definition) is 1. The van der Waals surface area contributed by atoms with E-state index in [1.54, 1.807) is 0 Å². The third-order valence-corrected chi connectivity index (χ3v) is 3.67. The molecule has 1 N–H and O–H groups in total. The van der Waals surface area contributed by atoms with Gasteiger partial charge in [-0.3, -0.25) is 4.90 Å². The lowest BCUT2D eigenvalue weighted by molar-refractivity contribution is 0.100. The largest absolute Gasteiger partial charge is 0.314 e. The Balaban J connectivity index is 2.08. The molecule has 3 nitrogen and oxygen atoms in total. The Morgan fingerprint density at radius 1 is 1.33 bits per heavy atom. The zero-order chi connectivity index (χ0) is 13.0. The number of aryl methyl sites for hydroxylation is 1.